The predicted molar refractivity (Wildman–Crippen MR) is 73.5 cm³/mol. The van der Waals surface area contributed by atoms with E-state index in [1.165, 1.54) is 6.08 Å². The number of hydrogen-bond donors (Lipinski definition) is 2. The molecule has 1 saturated heterocycles. The number of carbonyl (C=O) groups excluding carboxylic acids is 1. The molecule has 1 aliphatic heterocycles. The zero-order chi connectivity index (χ0) is 13.7. The number of aliphatic hydroxyl groups is 1. The van der Waals surface area contributed by atoms with E-state index in [9.17, 15) is 9.90 Å². The molecule has 19 heavy (non-hydrogen) atoms. The molecular formula is C15H19NO3. The van der Waals surface area contributed by atoms with Crippen LogP contribution in [-0.2, 0) is 9.53 Å². The molecule has 0 bridgehead atoms. The number of carbonyl (C=O) groups is 1. The van der Waals surface area contributed by atoms with E-state index in [2.05, 4.69) is 5.32 Å². The largest absolute Gasteiger partial charge is 0.385 e. The van der Waals surface area contributed by atoms with Crippen LogP contribution in [0.2, 0.25) is 0 Å². The maximum atomic E-state index is 11.7. The van der Waals surface area contributed by atoms with E-state index in [-0.39, 0.29) is 18.6 Å². The summed E-state index contributed by atoms with van der Waals surface area (Å²) < 4.78 is 5.31. The monoisotopic (exact) mass is 261 g/mol. The molecule has 2 N–H and O–H groups in total. The zero-order valence-corrected chi connectivity index (χ0v) is 11.0. The molecule has 2 atom stereocenters. The van der Waals surface area contributed by atoms with Crippen molar-refractivity contribution in [2.45, 2.75) is 25.0 Å². The van der Waals surface area contributed by atoms with Gasteiger partial charge in [-0.05, 0) is 18.6 Å². The highest BCUT2D eigenvalue weighted by atomic mass is 16.5. The highest BCUT2D eigenvalue weighted by Crippen LogP contribution is 2.24. The second-order valence-electron chi connectivity index (χ2n) is 4.83. The summed E-state index contributed by atoms with van der Waals surface area (Å²) >= 11 is 0. The molecular weight excluding hydrogens is 242 g/mol. The lowest BCUT2D eigenvalue weighted by molar-refractivity contribution is -0.118. The summed E-state index contributed by atoms with van der Waals surface area (Å²) in [5.74, 6) is -0.212. The van der Waals surface area contributed by atoms with Crippen molar-refractivity contribution in [3.63, 3.8) is 0 Å². The lowest BCUT2D eigenvalue weighted by Crippen LogP contribution is -2.47. The first-order chi connectivity index (χ1) is 9.10. The molecule has 1 aliphatic rings. The van der Waals surface area contributed by atoms with E-state index >= 15 is 0 Å². The summed E-state index contributed by atoms with van der Waals surface area (Å²) in [4.78, 5) is 11.7. The molecule has 1 fully saturated rings. The Morgan fingerprint density at radius 1 is 1.53 bits per heavy atom. The molecule has 4 nitrogen and oxygen atoms in total. The fourth-order valence-corrected chi connectivity index (χ4v) is 2.04. The van der Waals surface area contributed by atoms with Crippen LogP contribution in [0.4, 0.5) is 0 Å². The number of hydrogen-bond acceptors (Lipinski definition) is 3. The normalized spacial score (nSPS) is 26.7. The van der Waals surface area contributed by atoms with Gasteiger partial charge in [0.1, 0.15) is 5.60 Å². The number of nitrogens with one attached hydrogen (secondary N) is 1. The third-order valence-corrected chi connectivity index (χ3v) is 3.46. The summed E-state index contributed by atoms with van der Waals surface area (Å²) in [6, 6.07) is 9.60. The third kappa shape index (κ3) is 3.66. The first kappa shape index (κ1) is 13.8. The van der Waals surface area contributed by atoms with Gasteiger partial charge in [0.05, 0.1) is 6.10 Å². The molecule has 102 valence electrons. The minimum atomic E-state index is -0.948. The lowest BCUT2D eigenvalue weighted by atomic mass is 9.97. The Balaban J connectivity index is 1.84. The fraction of sp³-hybridized carbons (Fsp3) is 0.400. The summed E-state index contributed by atoms with van der Waals surface area (Å²) in [6.45, 7) is 2.57. The third-order valence-electron chi connectivity index (χ3n) is 3.46. The zero-order valence-electron chi connectivity index (χ0n) is 11.0. The first-order valence-corrected chi connectivity index (χ1v) is 6.45. The van der Waals surface area contributed by atoms with Crippen molar-refractivity contribution in [3.8, 4) is 0 Å². The molecule has 0 spiro atoms. The van der Waals surface area contributed by atoms with Gasteiger partial charge >= 0.3 is 0 Å². The molecule has 0 aliphatic carbocycles. The smallest absolute Gasteiger partial charge is 0.244 e. The van der Waals surface area contributed by atoms with Crippen molar-refractivity contribution in [1.82, 2.24) is 5.32 Å². The van der Waals surface area contributed by atoms with Crippen LogP contribution in [0, 0.1) is 0 Å². The summed E-state index contributed by atoms with van der Waals surface area (Å²) in [6.07, 6.45) is 3.52. The van der Waals surface area contributed by atoms with E-state index in [0.717, 1.165) is 5.56 Å². The Hall–Kier alpha value is -1.65. The van der Waals surface area contributed by atoms with Crippen LogP contribution in [0.15, 0.2) is 36.4 Å². The maximum absolute atomic E-state index is 11.7. The van der Waals surface area contributed by atoms with Crippen LogP contribution in [-0.4, -0.2) is 35.9 Å². The average Bonchev–Trinajstić information content (AvgIpc) is 2.76. The summed E-state index contributed by atoms with van der Waals surface area (Å²) in [5.41, 5.74) is 0.0184. The number of ether oxygens (including phenoxy) is 1. The van der Waals surface area contributed by atoms with Gasteiger partial charge in [-0.2, -0.15) is 0 Å². The van der Waals surface area contributed by atoms with Gasteiger partial charge in [0, 0.05) is 25.6 Å². The Morgan fingerprint density at radius 2 is 2.26 bits per heavy atom. The van der Waals surface area contributed by atoms with Crippen LogP contribution in [0.1, 0.15) is 18.9 Å². The Morgan fingerprint density at radius 3 is 2.89 bits per heavy atom. The molecule has 0 aromatic heterocycles. The minimum Gasteiger partial charge on any atom is -0.385 e. The van der Waals surface area contributed by atoms with Crippen LogP contribution in [0.5, 0.6) is 0 Å². The van der Waals surface area contributed by atoms with Gasteiger partial charge in [-0.1, -0.05) is 30.3 Å². The number of benzene rings is 1. The Bertz CT molecular complexity index is 458. The van der Waals surface area contributed by atoms with Gasteiger partial charge in [-0.15, -0.1) is 0 Å². The van der Waals surface area contributed by atoms with Crippen LogP contribution < -0.4 is 5.32 Å². The maximum Gasteiger partial charge on any atom is 0.244 e. The second kappa shape index (κ2) is 5.99. The molecule has 4 heteroatoms. The Kier molecular flexibility index (Phi) is 4.35. The van der Waals surface area contributed by atoms with Crippen molar-refractivity contribution in [3.05, 3.63) is 42.0 Å². The van der Waals surface area contributed by atoms with Crippen molar-refractivity contribution in [2.75, 3.05) is 13.2 Å². The SMILES string of the molecule is CC1OCCC1(O)CNC(=O)/C=C/c1ccccc1. The van der Waals surface area contributed by atoms with Gasteiger partial charge in [0.15, 0.2) is 0 Å². The van der Waals surface area contributed by atoms with E-state index in [0.29, 0.717) is 13.0 Å². The molecule has 1 aromatic carbocycles. The number of amides is 1. The summed E-state index contributed by atoms with van der Waals surface area (Å²) in [7, 11) is 0. The number of rotatable bonds is 4. The molecule has 2 rings (SSSR count). The van der Waals surface area contributed by atoms with E-state index in [4.69, 9.17) is 4.74 Å². The lowest BCUT2D eigenvalue weighted by Gasteiger charge is -2.25. The fourth-order valence-electron chi connectivity index (χ4n) is 2.04. The Labute approximate surface area is 113 Å². The summed E-state index contributed by atoms with van der Waals surface area (Å²) in [5, 5.41) is 12.9. The van der Waals surface area contributed by atoms with E-state index < -0.39 is 5.60 Å². The van der Waals surface area contributed by atoms with Gasteiger partial charge in [0.2, 0.25) is 5.91 Å². The van der Waals surface area contributed by atoms with Gasteiger partial charge in [-0.3, -0.25) is 4.79 Å². The topological polar surface area (TPSA) is 58.6 Å². The quantitative estimate of drug-likeness (QED) is 0.804. The molecule has 0 radical (unpaired) electrons. The molecule has 1 amide bonds. The highest BCUT2D eigenvalue weighted by molar-refractivity contribution is 5.91. The highest BCUT2D eigenvalue weighted by Gasteiger charge is 2.39. The predicted octanol–water partition coefficient (Wildman–Crippen LogP) is 1.36. The second-order valence-corrected chi connectivity index (χ2v) is 4.83. The van der Waals surface area contributed by atoms with Crippen LogP contribution >= 0.6 is 0 Å². The van der Waals surface area contributed by atoms with Gasteiger partial charge < -0.3 is 15.2 Å². The van der Waals surface area contributed by atoms with Crippen LogP contribution in [0.25, 0.3) is 6.08 Å². The standard InChI is InChI=1S/C15H19NO3/c1-12-15(18,9-10-19-12)11-16-14(17)8-7-13-5-3-2-4-6-13/h2-8,12,18H,9-11H2,1H3,(H,16,17)/b8-7+. The van der Waals surface area contributed by atoms with Crippen molar-refractivity contribution in [1.29, 1.82) is 0 Å². The first-order valence-electron chi connectivity index (χ1n) is 6.45. The van der Waals surface area contributed by atoms with Gasteiger partial charge in [0.25, 0.3) is 0 Å². The van der Waals surface area contributed by atoms with Crippen molar-refractivity contribution < 1.29 is 14.6 Å². The molecule has 0 saturated carbocycles. The molecule has 1 aromatic rings. The average molecular weight is 261 g/mol. The molecule has 1 heterocycles. The molecule has 2 unspecified atom stereocenters. The van der Waals surface area contributed by atoms with E-state index in [1.807, 2.05) is 37.3 Å². The minimum absolute atomic E-state index is 0.212. The van der Waals surface area contributed by atoms with Gasteiger partial charge in [-0.25, -0.2) is 0 Å². The van der Waals surface area contributed by atoms with E-state index in [1.54, 1.807) is 6.08 Å². The van der Waals surface area contributed by atoms with Crippen LogP contribution in [0.3, 0.4) is 0 Å². The van der Waals surface area contributed by atoms with Crippen molar-refractivity contribution >= 4 is 12.0 Å². The van der Waals surface area contributed by atoms with Crippen molar-refractivity contribution in [2.24, 2.45) is 0 Å².